The highest BCUT2D eigenvalue weighted by Crippen LogP contribution is 2.21. The first-order valence-corrected chi connectivity index (χ1v) is 7.38. The van der Waals surface area contributed by atoms with Crippen LogP contribution < -0.4 is 10.1 Å². The van der Waals surface area contributed by atoms with E-state index in [9.17, 15) is 10.2 Å². The smallest absolute Gasteiger partial charge is 0.122 e. The molecule has 0 saturated heterocycles. The van der Waals surface area contributed by atoms with Gasteiger partial charge in [0, 0.05) is 12.1 Å². The topological polar surface area (TPSA) is 61.7 Å². The van der Waals surface area contributed by atoms with Gasteiger partial charge < -0.3 is 20.3 Å². The lowest BCUT2D eigenvalue weighted by Gasteiger charge is -2.38. The van der Waals surface area contributed by atoms with Crippen molar-refractivity contribution < 1.29 is 14.9 Å². The van der Waals surface area contributed by atoms with Crippen LogP contribution in [0.1, 0.15) is 38.8 Å². The van der Waals surface area contributed by atoms with Crippen molar-refractivity contribution in [3.63, 3.8) is 0 Å². The molecule has 0 amide bonds. The van der Waals surface area contributed by atoms with E-state index in [1.807, 2.05) is 45.9 Å². The molecule has 0 spiro atoms. The van der Waals surface area contributed by atoms with E-state index in [0.717, 1.165) is 16.9 Å². The SMILES string of the molecule is Cc1ccc(C)c(OCC(O)CNC(C)(C)C(C)(C)O)c1. The molecule has 0 radical (unpaired) electrons. The van der Waals surface area contributed by atoms with Crippen molar-refractivity contribution in [2.45, 2.75) is 58.8 Å². The van der Waals surface area contributed by atoms with Gasteiger partial charge in [0.2, 0.25) is 0 Å². The fourth-order valence-corrected chi connectivity index (χ4v) is 1.70. The number of aliphatic hydroxyl groups excluding tert-OH is 1. The van der Waals surface area contributed by atoms with E-state index in [2.05, 4.69) is 5.32 Å². The van der Waals surface area contributed by atoms with Crippen LogP contribution in [0.4, 0.5) is 0 Å². The van der Waals surface area contributed by atoms with Gasteiger partial charge in [0.05, 0.1) is 5.60 Å². The Kier molecular flexibility index (Phi) is 5.79. The van der Waals surface area contributed by atoms with Gasteiger partial charge in [-0.05, 0) is 58.7 Å². The van der Waals surface area contributed by atoms with E-state index >= 15 is 0 Å². The highest BCUT2D eigenvalue weighted by Gasteiger charge is 2.34. The Morgan fingerprint density at radius 3 is 2.38 bits per heavy atom. The van der Waals surface area contributed by atoms with Gasteiger partial charge >= 0.3 is 0 Å². The third-order valence-electron chi connectivity index (χ3n) is 4.08. The fraction of sp³-hybridized carbons (Fsp3) is 0.647. The van der Waals surface area contributed by atoms with Crippen molar-refractivity contribution in [2.75, 3.05) is 13.2 Å². The number of ether oxygens (including phenoxy) is 1. The number of rotatable bonds is 7. The molecule has 0 aliphatic rings. The number of hydrogen-bond acceptors (Lipinski definition) is 4. The predicted molar refractivity (Wildman–Crippen MR) is 85.8 cm³/mol. The lowest BCUT2D eigenvalue weighted by atomic mass is 9.86. The van der Waals surface area contributed by atoms with E-state index < -0.39 is 17.2 Å². The summed E-state index contributed by atoms with van der Waals surface area (Å²) in [6.45, 7) is 11.9. The fourth-order valence-electron chi connectivity index (χ4n) is 1.70. The molecule has 1 atom stereocenters. The first-order chi connectivity index (χ1) is 9.53. The Morgan fingerprint density at radius 2 is 1.81 bits per heavy atom. The van der Waals surface area contributed by atoms with Crippen LogP contribution in [-0.2, 0) is 0 Å². The Morgan fingerprint density at radius 1 is 1.19 bits per heavy atom. The van der Waals surface area contributed by atoms with Gasteiger partial charge in [-0.15, -0.1) is 0 Å². The molecule has 1 rings (SSSR count). The van der Waals surface area contributed by atoms with Gasteiger partial charge in [-0.3, -0.25) is 0 Å². The highest BCUT2D eigenvalue weighted by molar-refractivity contribution is 5.35. The monoisotopic (exact) mass is 295 g/mol. The summed E-state index contributed by atoms with van der Waals surface area (Å²) in [4.78, 5) is 0. The number of hydrogen-bond donors (Lipinski definition) is 3. The lowest BCUT2D eigenvalue weighted by molar-refractivity contribution is -0.0120. The number of aryl methyl sites for hydroxylation is 2. The quantitative estimate of drug-likeness (QED) is 0.721. The van der Waals surface area contributed by atoms with E-state index in [1.54, 1.807) is 13.8 Å². The van der Waals surface area contributed by atoms with Crippen LogP contribution in [0.2, 0.25) is 0 Å². The van der Waals surface area contributed by atoms with Crippen LogP contribution in [0.25, 0.3) is 0 Å². The zero-order valence-electron chi connectivity index (χ0n) is 14.0. The molecule has 0 heterocycles. The van der Waals surface area contributed by atoms with Crippen molar-refractivity contribution >= 4 is 0 Å². The molecule has 0 aliphatic heterocycles. The second kappa shape index (κ2) is 6.77. The number of aliphatic hydroxyl groups is 2. The van der Waals surface area contributed by atoms with Gasteiger partial charge in [-0.2, -0.15) is 0 Å². The van der Waals surface area contributed by atoms with Crippen LogP contribution in [0.3, 0.4) is 0 Å². The lowest BCUT2D eigenvalue weighted by Crippen LogP contribution is -2.57. The summed E-state index contributed by atoms with van der Waals surface area (Å²) in [7, 11) is 0. The summed E-state index contributed by atoms with van der Waals surface area (Å²) in [5.41, 5.74) is 0.817. The summed E-state index contributed by atoms with van der Waals surface area (Å²) in [6, 6.07) is 6.01. The van der Waals surface area contributed by atoms with Crippen molar-refractivity contribution in [3.8, 4) is 5.75 Å². The molecule has 0 fully saturated rings. The van der Waals surface area contributed by atoms with Gasteiger partial charge in [0.25, 0.3) is 0 Å². The minimum Gasteiger partial charge on any atom is -0.491 e. The highest BCUT2D eigenvalue weighted by atomic mass is 16.5. The molecule has 0 aromatic heterocycles. The van der Waals surface area contributed by atoms with Crippen LogP contribution in [0, 0.1) is 13.8 Å². The molecule has 0 saturated carbocycles. The van der Waals surface area contributed by atoms with Crippen molar-refractivity contribution in [1.29, 1.82) is 0 Å². The van der Waals surface area contributed by atoms with Crippen LogP contribution >= 0.6 is 0 Å². The third kappa shape index (κ3) is 5.30. The second-order valence-electron chi connectivity index (χ2n) is 6.80. The summed E-state index contributed by atoms with van der Waals surface area (Å²) < 4.78 is 5.68. The molecule has 0 bridgehead atoms. The van der Waals surface area contributed by atoms with Gasteiger partial charge in [0.15, 0.2) is 0 Å². The Hall–Kier alpha value is -1.10. The Balaban J connectivity index is 2.48. The maximum atomic E-state index is 10.1. The maximum Gasteiger partial charge on any atom is 0.122 e. The molecule has 1 aromatic rings. The first-order valence-electron chi connectivity index (χ1n) is 7.38. The summed E-state index contributed by atoms with van der Waals surface area (Å²) in [5.74, 6) is 0.802. The predicted octanol–water partition coefficient (Wildman–Crippen LogP) is 2.18. The van der Waals surface area contributed by atoms with Crippen molar-refractivity contribution in [1.82, 2.24) is 5.32 Å². The largest absolute Gasteiger partial charge is 0.491 e. The molecule has 4 nitrogen and oxygen atoms in total. The number of nitrogens with one attached hydrogen (secondary N) is 1. The Labute approximate surface area is 128 Å². The summed E-state index contributed by atoms with van der Waals surface area (Å²) in [6.07, 6.45) is -0.633. The van der Waals surface area contributed by atoms with E-state index in [-0.39, 0.29) is 6.61 Å². The average Bonchev–Trinajstić information content (AvgIpc) is 2.36. The maximum absolute atomic E-state index is 10.1. The van der Waals surface area contributed by atoms with Gasteiger partial charge in [-0.1, -0.05) is 12.1 Å². The minimum absolute atomic E-state index is 0.221. The zero-order valence-corrected chi connectivity index (χ0v) is 14.0. The van der Waals surface area contributed by atoms with E-state index in [1.165, 1.54) is 0 Å². The van der Waals surface area contributed by atoms with E-state index in [4.69, 9.17) is 4.74 Å². The van der Waals surface area contributed by atoms with E-state index in [0.29, 0.717) is 6.54 Å². The number of benzene rings is 1. The van der Waals surface area contributed by atoms with Gasteiger partial charge in [-0.25, -0.2) is 0 Å². The second-order valence-corrected chi connectivity index (χ2v) is 6.80. The summed E-state index contributed by atoms with van der Waals surface area (Å²) in [5, 5.41) is 23.3. The van der Waals surface area contributed by atoms with Crippen LogP contribution in [0.5, 0.6) is 5.75 Å². The summed E-state index contributed by atoms with van der Waals surface area (Å²) >= 11 is 0. The average molecular weight is 295 g/mol. The molecule has 21 heavy (non-hydrogen) atoms. The third-order valence-corrected chi connectivity index (χ3v) is 4.08. The zero-order chi connectivity index (χ0) is 16.3. The standard InChI is InChI=1S/C17H29NO3/c1-12-7-8-13(2)15(9-12)21-11-14(19)10-18-16(3,4)17(5,6)20/h7-9,14,18-20H,10-11H2,1-6H3. The molecule has 120 valence electrons. The normalized spacial score (nSPS) is 14.1. The molecule has 0 aliphatic carbocycles. The molecule has 1 aromatic carbocycles. The molecule has 4 heteroatoms. The molecular weight excluding hydrogens is 266 g/mol. The van der Waals surface area contributed by atoms with Crippen LogP contribution in [-0.4, -0.2) is 40.6 Å². The van der Waals surface area contributed by atoms with Gasteiger partial charge in [0.1, 0.15) is 18.5 Å². The minimum atomic E-state index is -0.874. The van der Waals surface area contributed by atoms with Crippen molar-refractivity contribution in [2.24, 2.45) is 0 Å². The number of β-amino-alcohol motifs (C(OH)–C–C–N with tert-alkyl or cyclic N) is 1. The van der Waals surface area contributed by atoms with Crippen LogP contribution in [0.15, 0.2) is 18.2 Å². The first kappa shape index (κ1) is 18.0. The Bertz CT molecular complexity index is 464. The molecule has 1 unspecified atom stereocenters. The molecule has 3 N–H and O–H groups in total. The molecular formula is C17H29NO3. The van der Waals surface area contributed by atoms with Crippen molar-refractivity contribution in [3.05, 3.63) is 29.3 Å².